The number of alkyl halides is 3. The topological polar surface area (TPSA) is 37.4 Å². The molecule has 1 amide bonds. The van der Waals surface area contributed by atoms with Crippen LogP contribution in [-0.4, -0.2) is 41.9 Å². The number of carbonyl (C=O) groups is 2. The summed E-state index contributed by atoms with van der Waals surface area (Å²) in [7, 11) is 1.16. The summed E-state index contributed by atoms with van der Waals surface area (Å²) >= 11 is 2.85. The van der Waals surface area contributed by atoms with Crippen LogP contribution in [-0.2, 0) is 9.59 Å². The van der Waals surface area contributed by atoms with Crippen LogP contribution in [0, 0.1) is 0 Å². The largest absolute Gasteiger partial charge is 0.333 e. The van der Waals surface area contributed by atoms with Crippen molar-refractivity contribution in [3.05, 3.63) is 0 Å². The standard InChI is InChI=1S/C6H8BrF2NO2/c1-10(3-4(11)2-7)6(12)5(8)9/h5H,2-3H2,1H3. The molecule has 0 radical (unpaired) electrons. The van der Waals surface area contributed by atoms with Crippen LogP contribution in [0.4, 0.5) is 8.78 Å². The minimum atomic E-state index is -3.04. The molecule has 0 aromatic carbocycles. The normalized spacial score (nSPS) is 10.1. The molecule has 0 aliphatic carbocycles. The number of halogens is 3. The highest BCUT2D eigenvalue weighted by Crippen LogP contribution is 1.98. The summed E-state index contributed by atoms with van der Waals surface area (Å²) in [6, 6.07) is 0. The molecule has 6 heteroatoms. The molecular weight excluding hydrogens is 236 g/mol. The maximum absolute atomic E-state index is 11.7. The summed E-state index contributed by atoms with van der Waals surface area (Å²) in [5, 5.41) is 0.0634. The molecular formula is C6H8BrF2NO2. The van der Waals surface area contributed by atoms with Crippen molar-refractivity contribution in [2.24, 2.45) is 0 Å². The van der Waals surface area contributed by atoms with E-state index in [1.165, 1.54) is 0 Å². The average Bonchev–Trinajstić information content (AvgIpc) is 2.02. The fourth-order valence-electron chi connectivity index (χ4n) is 0.551. The lowest BCUT2D eigenvalue weighted by Gasteiger charge is -2.14. The van der Waals surface area contributed by atoms with E-state index in [4.69, 9.17) is 0 Å². The molecule has 0 saturated heterocycles. The van der Waals surface area contributed by atoms with Crippen molar-refractivity contribution in [1.82, 2.24) is 4.90 Å². The molecule has 70 valence electrons. The molecule has 0 spiro atoms. The van der Waals surface area contributed by atoms with Crippen LogP contribution < -0.4 is 0 Å². The van der Waals surface area contributed by atoms with E-state index >= 15 is 0 Å². The molecule has 0 heterocycles. The van der Waals surface area contributed by atoms with Crippen molar-refractivity contribution in [2.45, 2.75) is 6.43 Å². The molecule has 0 rings (SSSR count). The summed E-state index contributed by atoms with van der Waals surface area (Å²) in [5.41, 5.74) is 0. The van der Waals surface area contributed by atoms with E-state index in [9.17, 15) is 18.4 Å². The number of ketones is 1. The first kappa shape index (κ1) is 11.5. The fourth-order valence-corrected chi connectivity index (χ4v) is 0.729. The van der Waals surface area contributed by atoms with Gasteiger partial charge in [0.25, 0.3) is 5.91 Å². The molecule has 0 unspecified atom stereocenters. The van der Waals surface area contributed by atoms with Crippen molar-refractivity contribution in [3.63, 3.8) is 0 Å². The van der Waals surface area contributed by atoms with E-state index in [0.717, 1.165) is 7.05 Å². The third-order valence-electron chi connectivity index (χ3n) is 1.13. The predicted molar refractivity (Wildman–Crippen MR) is 42.4 cm³/mol. The molecule has 0 saturated carbocycles. The van der Waals surface area contributed by atoms with Gasteiger partial charge in [-0.3, -0.25) is 9.59 Å². The smallest absolute Gasteiger partial charge is 0.315 e. The third-order valence-corrected chi connectivity index (χ3v) is 1.75. The van der Waals surface area contributed by atoms with E-state index < -0.39 is 12.3 Å². The van der Waals surface area contributed by atoms with E-state index in [1.54, 1.807) is 0 Å². The van der Waals surface area contributed by atoms with Gasteiger partial charge in [0.05, 0.1) is 11.9 Å². The number of likely N-dealkylation sites (N-methyl/N-ethyl adjacent to an activating group) is 1. The molecule has 3 nitrogen and oxygen atoms in total. The average molecular weight is 244 g/mol. The Morgan fingerprint density at radius 3 is 2.33 bits per heavy atom. The van der Waals surface area contributed by atoms with Gasteiger partial charge in [0.15, 0.2) is 5.78 Å². The van der Waals surface area contributed by atoms with Crippen molar-refractivity contribution < 1.29 is 18.4 Å². The summed E-state index contributed by atoms with van der Waals surface area (Å²) in [6.45, 7) is -0.283. The monoisotopic (exact) mass is 243 g/mol. The summed E-state index contributed by atoms with van der Waals surface area (Å²) in [6.07, 6.45) is -3.04. The molecule has 0 aliphatic rings. The van der Waals surface area contributed by atoms with Crippen LogP contribution in [0.1, 0.15) is 0 Å². The Balaban J connectivity index is 3.95. The van der Waals surface area contributed by atoms with Gasteiger partial charge in [-0.2, -0.15) is 8.78 Å². The summed E-state index contributed by atoms with van der Waals surface area (Å²) in [5.74, 6) is -1.64. The first-order valence-electron chi connectivity index (χ1n) is 3.09. The van der Waals surface area contributed by atoms with Gasteiger partial charge in [0.1, 0.15) is 0 Å². The van der Waals surface area contributed by atoms with E-state index in [-0.39, 0.29) is 17.7 Å². The van der Waals surface area contributed by atoms with Crippen LogP contribution in [0.15, 0.2) is 0 Å². The number of hydrogen-bond acceptors (Lipinski definition) is 2. The number of rotatable bonds is 4. The zero-order chi connectivity index (χ0) is 9.72. The lowest BCUT2D eigenvalue weighted by atomic mass is 10.4. The van der Waals surface area contributed by atoms with Gasteiger partial charge in [-0.25, -0.2) is 0 Å². The molecule has 0 atom stereocenters. The Bertz CT molecular complexity index is 186. The van der Waals surface area contributed by atoms with Gasteiger partial charge >= 0.3 is 6.43 Å². The van der Waals surface area contributed by atoms with E-state index in [0.29, 0.717) is 4.90 Å². The highest BCUT2D eigenvalue weighted by Gasteiger charge is 2.21. The first-order chi connectivity index (χ1) is 5.49. The molecule has 0 aliphatic heterocycles. The number of hydrogen-bond donors (Lipinski definition) is 0. The Hall–Kier alpha value is -0.520. The van der Waals surface area contributed by atoms with Crippen molar-refractivity contribution >= 4 is 27.6 Å². The molecule has 0 bridgehead atoms. The summed E-state index contributed by atoms with van der Waals surface area (Å²) in [4.78, 5) is 21.9. The quantitative estimate of drug-likeness (QED) is 0.681. The summed E-state index contributed by atoms with van der Waals surface area (Å²) < 4.78 is 23.4. The lowest BCUT2D eigenvalue weighted by molar-refractivity contribution is -0.143. The second-order valence-corrected chi connectivity index (χ2v) is 2.73. The van der Waals surface area contributed by atoms with Crippen LogP contribution in [0.3, 0.4) is 0 Å². The van der Waals surface area contributed by atoms with Gasteiger partial charge in [-0.15, -0.1) is 0 Å². The zero-order valence-electron chi connectivity index (χ0n) is 6.39. The van der Waals surface area contributed by atoms with E-state index in [1.807, 2.05) is 0 Å². The van der Waals surface area contributed by atoms with Crippen LogP contribution in [0.2, 0.25) is 0 Å². The highest BCUT2D eigenvalue weighted by atomic mass is 79.9. The predicted octanol–water partition coefficient (Wildman–Crippen LogP) is 0.674. The van der Waals surface area contributed by atoms with Crippen LogP contribution >= 0.6 is 15.9 Å². The zero-order valence-corrected chi connectivity index (χ0v) is 7.98. The van der Waals surface area contributed by atoms with Gasteiger partial charge in [0, 0.05) is 7.05 Å². The Morgan fingerprint density at radius 1 is 1.50 bits per heavy atom. The second-order valence-electron chi connectivity index (χ2n) is 2.17. The molecule has 0 aromatic rings. The fraction of sp³-hybridized carbons (Fsp3) is 0.667. The third kappa shape index (κ3) is 3.75. The lowest BCUT2D eigenvalue weighted by Crippen LogP contribution is -2.36. The number of nitrogens with zero attached hydrogens (tertiary/aromatic N) is 1. The van der Waals surface area contributed by atoms with Gasteiger partial charge in [0.2, 0.25) is 0 Å². The first-order valence-corrected chi connectivity index (χ1v) is 4.22. The van der Waals surface area contributed by atoms with Crippen molar-refractivity contribution in [1.29, 1.82) is 0 Å². The molecule has 0 N–H and O–H groups in total. The minimum Gasteiger partial charge on any atom is -0.333 e. The number of carbonyl (C=O) groups excluding carboxylic acids is 2. The molecule has 12 heavy (non-hydrogen) atoms. The highest BCUT2D eigenvalue weighted by molar-refractivity contribution is 9.09. The second kappa shape index (κ2) is 5.18. The SMILES string of the molecule is CN(CC(=O)CBr)C(=O)C(F)F. The van der Waals surface area contributed by atoms with E-state index in [2.05, 4.69) is 15.9 Å². The Kier molecular flexibility index (Phi) is 4.96. The Morgan fingerprint density at radius 2 is 2.00 bits per heavy atom. The minimum absolute atomic E-state index is 0.0634. The van der Waals surface area contributed by atoms with Crippen molar-refractivity contribution in [2.75, 3.05) is 18.9 Å². The van der Waals surface area contributed by atoms with Crippen LogP contribution in [0.5, 0.6) is 0 Å². The maximum Gasteiger partial charge on any atom is 0.315 e. The van der Waals surface area contributed by atoms with Gasteiger partial charge < -0.3 is 4.90 Å². The van der Waals surface area contributed by atoms with Crippen LogP contribution in [0.25, 0.3) is 0 Å². The van der Waals surface area contributed by atoms with Gasteiger partial charge in [-0.1, -0.05) is 15.9 Å². The maximum atomic E-state index is 11.7. The van der Waals surface area contributed by atoms with Gasteiger partial charge in [-0.05, 0) is 0 Å². The Labute approximate surface area is 76.8 Å². The molecule has 0 fully saturated rings. The van der Waals surface area contributed by atoms with Crippen molar-refractivity contribution in [3.8, 4) is 0 Å². The molecule has 0 aromatic heterocycles. The number of Topliss-reactive ketones (excluding diaryl/α,β-unsaturated/α-hetero) is 1. The number of amides is 1.